The Morgan fingerprint density at radius 2 is 2.29 bits per heavy atom. The number of hydrogen-bond acceptors (Lipinski definition) is 4. The van der Waals surface area contributed by atoms with E-state index in [0.29, 0.717) is 11.3 Å². The van der Waals surface area contributed by atoms with Crippen molar-refractivity contribution in [1.29, 1.82) is 5.26 Å². The van der Waals surface area contributed by atoms with Gasteiger partial charge in [-0.05, 0) is 35.3 Å². The Morgan fingerprint density at radius 1 is 1.65 bits per heavy atom. The Bertz CT molecular complexity index is 531. The summed E-state index contributed by atoms with van der Waals surface area (Å²) in [6.45, 7) is 3.65. The number of nitrogens with zero attached hydrogens (tertiary/aromatic N) is 1. The first-order valence-corrected chi connectivity index (χ1v) is 8.18. The van der Waals surface area contributed by atoms with Crippen molar-refractivity contribution < 1.29 is 8.42 Å². The van der Waals surface area contributed by atoms with Gasteiger partial charge in [-0.25, -0.2) is 8.42 Å². The topological polar surface area (TPSA) is 70.0 Å². The van der Waals surface area contributed by atoms with E-state index in [1.807, 2.05) is 13.0 Å². The average Bonchev–Trinajstić information content (AvgIpc) is 2.57. The lowest BCUT2D eigenvalue weighted by Crippen LogP contribution is -2.33. The van der Waals surface area contributed by atoms with Crippen molar-refractivity contribution in [3.8, 4) is 6.07 Å². The molecule has 0 aliphatic rings. The normalized spacial score (nSPS) is 13.3. The van der Waals surface area contributed by atoms with Crippen LogP contribution in [0.2, 0.25) is 0 Å². The average molecular weight is 337 g/mol. The number of halogens is 1. The van der Waals surface area contributed by atoms with Gasteiger partial charge in [-0.1, -0.05) is 13.3 Å². The van der Waals surface area contributed by atoms with Crippen LogP contribution in [-0.4, -0.2) is 14.5 Å². The minimum absolute atomic E-state index is 0.241. The molecule has 0 saturated heterocycles. The molecule has 0 amide bonds. The second-order valence-electron chi connectivity index (χ2n) is 3.56. The van der Waals surface area contributed by atoms with Crippen molar-refractivity contribution in [2.45, 2.75) is 37.6 Å². The number of thiophene rings is 1. The first-order valence-electron chi connectivity index (χ1n) is 5.08. The lowest BCUT2D eigenvalue weighted by Gasteiger charge is -2.10. The van der Waals surface area contributed by atoms with Crippen molar-refractivity contribution in [3.63, 3.8) is 0 Å². The van der Waals surface area contributed by atoms with Crippen LogP contribution in [0.3, 0.4) is 0 Å². The van der Waals surface area contributed by atoms with E-state index >= 15 is 0 Å². The van der Waals surface area contributed by atoms with Crippen molar-refractivity contribution in [2.75, 3.05) is 0 Å². The molecule has 4 nitrogen and oxygen atoms in total. The fourth-order valence-electron chi connectivity index (χ4n) is 1.39. The van der Waals surface area contributed by atoms with Gasteiger partial charge < -0.3 is 0 Å². The summed E-state index contributed by atoms with van der Waals surface area (Å²) in [5.41, 5.74) is 0. The molecule has 0 aliphatic carbocycles. The lowest BCUT2D eigenvalue weighted by atomic mass is 10.2. The van der Waals surface area contributed by atoms with Crippen LogP contribution in [0, 0.1) is 18.3 Å². The highest BCUT2D eigenvalue weighted by Gasteiger charge is 2.22. The second-order valence-corrected chi connectivity index (χ2v) is 7.88. The number of nitrogens with one attached hydrogen (secondary N) is 1. The predicted octanol–water partition coefficient (Wildman–Crippen LogP) is 2.79. The molecule has 0 aliphatic heterocycles. The highest BCUT2D eigenvalue weighted by atomic mass is 79.9. The Balaban J connectivity index is 2.97. The molecule has 17 heavy (non-hydrogen) atoms. The number of nitriles is 1. The molecule has 1 atom stereocenters. The fraction of sp³-hybridized carbons (Fsp3) is 0.500. The molecule has 0 spiro atoms. The zero-order chi connectivity index (χ0) is 13.1. The van der Waals surface area contributed by atoms with Crippen molar-refractivity contribution in [3.05, 3.63) is 14.7 Å². The van der Waals surface area contributed by atoms with Crippen molar-refractivity contribution in [1.82, 2.24) is 4.72 Å². The third-order valence-electron chi connectivity index (χ3n) is 2.16. The fourth-order valence-corrected chi connectivity index (χ4v) is 4.98. The Labute approximate surface area is 114 Å². The quantitative estimate of drug-likeness (QED) is 0.898. The monoisotopic (exact) mass is 336 g/mol. The van der Waals surface area contributed by atoms with Gasteiger partial charge in [0, 0.05) is 4.88 Å². The van der Waals surface area contributed by atoms with Gasteiger partial charge in [0.15, 0.2) is 0 Å². The van der Waals surface area contributed by atoms with E-state index in [-0.39, 0.29) is 4.90 Å². The van der Waals surface area contributed by atoms with Gasteiger partial charge in [-0.3, -0.25) is 0 Å². The van der Waals surface area contributed by atoms with Crippen LogP contribution in [-0.2, 0) is 10.0 Å². The molecule has 0 saturated carbocycles. The third-order valence-corrected chi connectivity index (χ3v) is 5.44. The first kappa shape index (κ1) is 14.6. The molecule has 0 aromatic carbocycles. The molecule has 1 aromatic heterocycles. The van der Waals surface area contributed by atoms with E-state index in [1.165, 1.54) is 11.3 Å². The van der Waals surface area contributed by atoms with E-state index in [4.69, 9.17) is 5.26 Å². The van der Waals surface area contributed by atoms with E-state index in [1.54, 1.807) is 13.0 Å². The van der Waals surface area contributed by atoms with Crippen LogP contribution in [0.25, 0.3) is 0 Å². The Kier molecular flexibility index (Phi) is 5.13. The van der Waals surface area contributed by atoms with Gasteiger partial charge in [0.2, 0.25) is 10.0 Å². The number of sulfonamides is 1. The van der Waals surface area contributed by atoms with E-state index in [9.17, 15) is 8.42 Å². The minimum Gasteiger partial charge on any atom is -0.207 e. The van der Waals surface area contributed by atoms with Gasteiger partial charge in [-0.2, -0.15) is 9.98 Å². The van der Waals surface area contributed by atoms with Crippen LogP contribution < -0.4 is 4.72 Å². The lowest BCUT2D eigenvalue weighted by molar-refractivity contribution is 0.563. The maximum atomic E-state index is 12.0. The molecule has 1 rings (SSSR count). The molecule has 94 valence electrons. The Morgan fingerprint density at radius 3 is 2.71 bits per heavy atom. The number of rotatable bonds is 5. The second kappa shape index (κ2) is 5.96. The Hall–Kier alpha value is -0.420. The summed E-state index contributed by atoms with van der Waals surface area (Å²) in [5.74, 6) is 0. The largest absolute Gasteiger partial charge is 0.242 e. The zero-order valence-corrected chi connectivity index (χ0v) is 12.7. The van der Waals surface area contributed by atoms with Crippen molar-refractivity contribution in [2.24, 2.45) is 0 Å². The molecule has 7 heteroatoms. The van der Waals surface area contributed by atoms with E-state index in [2.05, 4.69) is 20.7 Å². The van der Waals surface area contributed by atoms with Gasteiger partial charge in [0.1, 0.15) is 6.04 Å². The zero-order valence-electron chi connectivity index (χ0n) is 9.53. The van der Waals surface area contributed by atoms with E-state index in [0.717, 1.165) is 10.2 Å². The molecule has 1 heterocycles. The predicted molar refractivity (Wildman–Crippen MR) is 71.4 cm³/mol. The SMILES string of the molecule is CCCC(C#N)NS(=O)(=O)c1cc(Br)sc1C. The summed E-state index contributed by atoms with van der Waals surface area (Å²) in [4.78, 5) is 0.947. The maximum absolute atomic E-state index is 12.0. The smallest absolute Gasteiger partial charge is 0.207 e. The molecule has 0 bridgehead atoms. The first-order chi connectivity index (χ1) is 7.90. The molecule has 0 fully saturated rings. The maximum Gasteiger partial charge on any atom is 0.242 e. The molecular formula is C10H13BrN2O2S2. The van der Waals surface area contributed by atoms with Gasteiger partial charge >= 0.3 is 0 Å². The van der Waals surface area contributed by atoms with Crippen LogP contribution in [0.4, 0.5) is 0 Å². The summed E-state index contributed by atoms with van der Waals surface area (Å²) in [5, 5.41) is 8.86. The highest BCUT2D eigenvalue weighted by molar-refractivity contribution is 9.11. The van der Waals surface area contributed by atoms with Gasteiger partial charge in [0.25, 0.3) is 0 Å². The van der Waals surface area contributed by atoms with Crippen LogP contribution >= 0.6 is 27.3 Å². The summed E-state index contributed by atoms with van der Waals surface area (Å²) in [7, 11) is -3.60. The number of hydrogen-bond donors (Lipinski definition) is 1. The number of aryl methyl sites for hydroxylation is 1. The summed E-state index contributed by atoms with van der Waals surface area (Å²) in [6.07, 6.45) is 1.27. The summed E-state index contributed by atoms with van der Waals surface area (Å²) in [6, 6.07) is 2.85. The minimum atomic E-state index is -3.60. The van der Waals surface area contributed by atoms with Gasteiger partial charge in [0.05, 0.1) is 14.8 Å². The molecule has 1 N–H and O–H groups in total. The summed E-state index contributed by atoms with van der Waals surface area (Å²) < 4.78 is 27.2. The van der Waals surface area contributed by atoms with E-state index < -0.39 is 16.1 Å². The molecule has 0 radical (unpaired) electrons. The third kappa shape index (κ3) is 3.78. The van der Waals surface area contributed by atoms with Crippen LogP contribution in [0.5, 0.6) is 0 Å². The summed E-state index contributed by atoms with van der Waals surface area (Å²) >= 11 is 4.61. The molecule has 1 unspecified atom stereocenters. The highest BCUT2D eigenvalue weighted by Crippen LogP contribution is 2.29. The standard InChI is InChI=1S/C10H13BrN2O2S2/c1-3-4-8(6-12)13-17(14,15)9-5-10(11)16-7(9)2/h5,8,13H,3-4H2,1-2H3. The van der Waals surface area contributed by atoms with Crippen molar-refractivity contribution >= 4 is 37.3 Å². The molecular weight excluding hydrogens is 324 g/mol. The van der Waals surface area contributed by atoms with Crippen LogP contribution in [0.15, 0.2) is 14.7 Å². The van der Waals surface area contributed by atoms with Gasteiger partial charge in [-0.15, -0.1) is 11.3 Å². The van der Waals surface area contributed by atoms with Crippen LogP contribution in [0.1, 0.15) is 24.6 Å². The molecule has 1 aromatic rings.